The second-order valence-electron chi connectivity index (χ2n) is 4.43. The topological polar surface area (TPSA) is 21.3 Å². The first kappa shape index (κ1) is 15.2. The third-order valence-electron chi connectivity index (χ3n) is 3.12. The molecule has 1 atom stereocenters. The van der Waals surface area contributed by atoms with E-state index >= 15 is 0 Å². The molecule has 106 valence electrons. The third-order valence-corrected chi connectivity index (χ3v) is 3.61. The van der Waals surface area contributed by atoms with E-state index < -0.39 is 0 Å². The number of hydrogen-bond acceptors (Lipinski definition) is 2. The van der Waals surface area contributed by atoms with Crippen LogP contribution >= 0.6 is 23.2 Å². The van der Waals surface area contributed by atoms with Gasteiger partial charge in [-0.2, -0.15) is 0 Å². The maximum atomic E-state index is 6.03. The fraction of sp³-hybridized carbons (Fsp3) is 0.250. The van der Waals surface area contributed by atoms with Crippen LogP contribution in [0.2, 0.25) is 10.0 Å². The standard InChI is InChI=1S/C16H17Cl2NO/c1-3-19-16(11-4-6-12(17)7-5-11)14-9-8-13(18)10-15(14)20-2/h4-10,16,19H,3H2,1-2H3. The van der Waals surface area contributed by atoms with Gasteiger partial charge in [-0.3, -0.25) is 0 Å². The molecule has 0 radical (unpaired) electrons. The van der Waals surface area contributed by atoms with Crippen molar-refractivity contribution >= 4 is 23.2 Å². The molecule has 0 aliphatic rings. The van der Waals surface area contributed by atoms with E-state index in [1.54, 1.807) is 7.11 Å². The van der Waals surface area contributed by atoms with E-state index in [2.05, 4.69) is 12.2 Å². The van der Waals surface area contributed by atoms with Crippen LogP contribution in [0.3, 0.4) is 0 Å². The minimum atomic E-state index is 0.0458. The monoisotopic (exact) mass is 309 g/mol. The molecule has 0 heterocycles. The lowest BCUT2D eigenvalue weighted by Crippen LogP contribution is -2.22. The first-order valence-corrected chi connectivity index (χ1v) is 7.23. The molecular weight excluding hydrogens is 293 g/mol. The molecule has 0 aliphatic heterocycles. The summed E-state index contributed by atoms with van der Waals surface area (Å²) in [6.07, 6.45) is 0. The number of benzene rings is 2. The molecule has 20 heavy (non-hydrogen) atoms. The lowest BCUT2D eigenvalue weighted by Gasteiger charge is -2.21. The molecule has 0 aliphatic carbocycles. The number of halogens is 2. The van der Waals surface area contributed by atoms with Gasteiger partial charge in [0.05, 0.1) is 13.2 Å². The van der Waals surface area contributed by atoms with Crippen molar-refractivity contribution in [1.82, 2.24) is 5.32 Å². The fourth-order valence-electron chi connectivity index (χ4n) is 2.19. The van der Waals surface area contributed by atoms with E-state index in [0.29, 0.717) is 5.02 Å². The summed E-state index contributed by atoms with van der Waals surface area (Å²) in [6.45, 7) is 2.92. The van der Waals surface area contributed by atoms with Crippen LogP contribution in [0.4, 0.5) is 0 Å². The first-order valence-electron chi connectivity index (χ1n) is 6.48. The van der Waals surface area contributed by atoms with Gasteiger partial charge in [-0.15, -0.1) is 0 Å². The predicted molar refractivity (Wildman–Crippen MR) is 85.0 cm³/mol. The molecule has 0 saturated carbocycles. The molecule has 0 amide bonds. The highest BCUT2D eigenvalue weighted by molar-refractivity contribution is 6.31. The van der Waals surface area contributed by atoms with E-state index in [0.717, 1.165) is 28.4 Å². The number of rotatable bonds is 5. The number of ether oxygens (including phenoxy) is 1. The predicted octanol–water partition coefficient (Wildman–Crippen LogP) is 4.70. The van der Waals surface area contributed by atoms with Crippen molar-refractivity contribution in [3.63, 3.8) is 0 Å². The van der Waals surface area contributed by atoms with Crippen LogP contribution in [0.15, 0.2) is 42.5 Å². The van der Waals surface area contributed by atoms with Crippen molar-refractivity contribution in [3.05, 3.63) is 63.6 Å². The molecule has 0 aromatic heterocycles. The van der Waals surface area contributed by atoms with E-state index in [4.69, 9.17) is 27.9 Å². The lowest BCUT2D eigenvalue weighted by molar-refractivity contribution is 0.404. The zero-order chi connectivity index (χ0) is 14.5. The Morgan fingerprint density at radius 3 is 2.30 bits per heavy atom. The molecule has 4 heteroatoms. The van der Waals surface area contributed by atoms with Crippen molar-refractivity contribution in [3.8, 4) is 5.75 Å². The number of hydrogen-bond donors (Lipinski definition) is 1. The second kappa shape index (κ2) is 6.98. The van der Waals surface area contributed by atoms with Gasteiger partial charge in [0.25, 0.3) is 0 Å². The van der Waals surface area contributed by atoms with Crippen LogP contribution in [0.25, 0.3) is 0 Å². The zero-order valence-corrected chi connectivity index (χ0v) is 13.0. The Balaban J connectivity index is 2.45. The molecule has 2 nitrogen and oxygen atoms in total. The Kier molecular flexibility index (Phi) is 5.30. The van der Waals surface area contributed by atoms with Crippen molar-refractivity contribution in [2.24, 2.45) is 0 Å². The summed E-state index contributed by atoms with van der Waals surface area (Å²) < 4.78 is 5.45. The van der Waals surface area contributed by atoms with E-state index in [-0.39, 0.29) is 6.04 Å². The third kappa shape index (κ3) is 3.45. The summed E-state index contributed by atoms with van der Waals surface area (Å²) in [7, 11) is 1.65. The van der Waals surface area contributed by atoms with Gasteiger partial charge in [-0.1, -0.05) is 48.3 Å². The minimum Gasteiger partial charge on any atom is -0.496 e. The summed E-state index contributed by atoms with van der Waals surface area (Å²) in [5, 5.41) is 4.86. The first-order chi connectivity index (χ1) is 9.65. The van der Waals surface area contributed by atoms with Gasteiger partial charge in [0.2, 0.25) is 0 Å². The van der Waals surface area contributed by atoms with Crippen LogP contribution < -0.4 is 10.1 Å². The minimum absolute atomic E-state index is 0.0458. The molecule has 0 saturated heterocycles. The van der Waals surface area contributed by atoms with Crippen molar-refractivity contribution < 1.29 is 4.74 Å². The quantitative estimate of drug-likeness (QED) is 0.864. The zero-order valence-electron chi connectivity index (χ0n) is 11.5. The molecule has 0 spiro atoms. The molecule has 0 bridgehead atoms. The van der Waals surface area contributed by atoms with Gasteiger partial charge >= 0.3 is 0 Å². The Bertz CT molecular complexity index is 569. The molecule has 0 fully saturated rings. The van der Waals surface area contributed by atoms with Crippen molar-refractivity contribution in [2.75, 3.05) is 13.7 Å². The molecule has 1 N–H and O–H groups in total. The van der Waals surface area contributed by atoms with E-state index in [9.17, 15) is 0 Å². The van der Waals surface area contributed by atoms with Gasteiger partial charge in [-0.05, 0) is 36.4 Å². The Morgan fingerprint density at radius 2 is 1.70 bits per heavy atom. The van der Waals surface area contributed by atoms with Crippen LogP contribution in [0.5, 0.6) is 5.75 Å². The molecule has 2 rings (SSSR count). The number of nitrogens with one attached hydrogen (secondary N) is 1. The van der Waals surface area contributed by atoms with Crippen LogP contribution in [0.1, 0.15) is 24.1 Å². The maximum Gasteiger partial charge on any atom is 0.125 e. The summed E-state index contributed by atoms with van der Waals surface area (Å²) in [4.78, 5) is 0. The Hall–Kier alpha value is -1.22. The average Bonchev–Trinajstić information content (AvgIpc) is 2.46. The molecule has 2 aromatic carbocycles. The van der Waals surface area contributed by atoms with Gasteiger partial charge in [0, 0.05) is 15.6 Å². The highest BCUT2D eigenvalue weighted by Gasteiger charge is 2.17. The van der Waals surface area contributed by atoms with Crippen LogP contribution in [0, 0.1) is 0 Å². The van der Waals surface area contributed by atoms with Crippen LogP contribution in [-0.4, -0.2) is 13.7 Å². The largest absolute Gasteiger partial charge is 0.496 e. The Morgan fingerprint density at radius 1 is 1.05 bits per heavy atom. The lowest BCUT2D eigenvalue weighted by atomic mass is 9.98. The average molecular weight is 310 g/mol. The van der Waals surface area contributed by atoms with Crippen LogP contribution in [-0.2, 0) is 0 Å². The molecule has 1 unspecified atom stereocenters. The highest BCUT2D eigenvalue weighted by Crippen LogP contribution is 2.32. The smallest absolute Gasteiger partial charge is 0.125 e. The second-order valence-corrected chi connectivity index (χ2v) is 5.30. The normalized spacial score (nSPS) is 12.2. The van der Waals surface area contributed by atoms with Gasteiger partial charge < -0.3 is 10.1 Å². The fourth-order valence-corrected chi connectivity index (χ4v) is 2.48. The van der Waals surface area contributed by atoms with Gasteiger partial charge in [0.15, 0.2) is 0 Å². The summed E-state index contributed by atoms with van der Waals surface area (Å²) in [5.74, 6) is 0.776. The molecule has 2 aromatic rings. The summed E-state index contributed by atoms with van der Waals surface area (Å²) in [6, 6.07) is 13.6. The maximum absolute atomic E-state index is 6.03. The molecular formula is C16H17Cl2NO. The van der Waals surface area contributed by atoms with Gasteiger partial charge in [-0.25, -0.2) is 0 Å². The summed E-state index contributed by atoms with van der Waals surface area (Å²) in [5.41, 5.74) is 2.19. The van der Waals surface area contributed by atoms with Crippen molar-refractivity contribution in [2.45, 2.75) is 13.0 Å². The highest BCUT2D eigenvalue weighted by atomic mass is 35.5. The SMILES string of the molecule is CCNC(c1ccc(Cl)cc1)c1ccc(Cl)cc1OC. The number of methoxy groups -OCH3 is 1. The Labute approximate surface area is 129 Å². The summed E-state index contributed by atoms with van der Waals surface area (Å²) >= 11 is 12.0. The van der Waals surface area contributed by atoms with E-state index in [1.165, 1.54) is 0 Å². The van der Waals surface area contributed by atoms with Crippen molar-refractivity contribution in [1.29, 1.82) is 0 Å². The van der Waals surface area contributed by atoms with E-state index in [1.807, 2.05) is 42.5 Å². The van der Waals surface area contributed by atoms with Gasteiger partial charge in [0.1, 0.15) is 5.75 Å².